The predicted octanol–water partition coefficient (Wildman–Crippen LogP) is 4.89. The number of rotatable bonds is 6. The van der Waals surface area contributed by atoms with Gasteiger partial charge in [0.05, 0.1) is 0 Å². The van der Waals surface area contributed by atoms with Crippen molar-refractivity contribution in [3.8, 4) is 0 Å². The molecule has 0 fully saturated rings. The molecule has 80 valence electrons. The molecular formula is C13H28. The van der Waals surface area contributed by atoms with Crippen molar-refractivity contribution in [2.45, 2.75) is 67.2 Å². The zero-order chi connectivity index (χ0) is 10.5. The Labute approximate surface area is 85.1 Å². The Kier molecular flexibility index (Phi) is 5.67. The maximum absolute atomic E-state index is 2.47. The van der Waals surface area contributed by atoms with E-state index in [-0.39, 0.29) is 0 Å². The molecule has 2 unspecified atom stereocenters. The van der Waals surface area contributed by atoms with Crippen LogP contribution in [0.2, 0.25) is 0 Å². The first-order valence-corrected chi connectivity index (χ1v) is 5.98. The maximum atomic E-state index is 2.47. The molecule has 0 aromatic heterocycles. The van der Waals surface area contributed by atoms with E-state index in [0.29, 0.717) is 5.41 Å². The van der Waals surface area contributed by atoms with Crippen molar-refractivity contribution in [3.05, 3.63) is 0 Å². The number of unbranched alkanes of at least 4 members (excludes halogenated alkanes) is 1. The number of hydrogen-bond donors (Lipinski definition) is 0. The largest absolute Gasteiger partial charge is 0.0654 e. The van der Waals surface area contributed by atoms with E-state index in [9.17, 15) is 0 Å². The van der Waals surface area contributed by atoms with Gasteiger partial charge in [-0.15, -0.1) is 0 Å². The molecule has 0 N–H and O–H groups in total. The van der Waals surface area contributed by atoms with Crippen LogP contribution in [0.1, 0.15) is 67.2 Å². The van der Waals surface area contributed by atoms with Crippen LogP contribution in [0.25, 0.3) is 0 Å². The lowest BCUT2D eigenvalue weighted by Crippen LogP contribution is -2.28. The van der Waals surface area contributed by atoms with Gasteiger partial charge in [-0.25, -0.2) is 0 Å². The molecule has 0 spiro atoms. The predicted molar refractivity (Wildman–Crippen MR) is 61.9 cm³/mol. The molecule has 0 saturated heterocycles. The van der Waals surface area contributed by atoms with Gasteiger partial charge in [-0.05, 0) is 23.7 Å². The molecular weight excluding hydrogens is 156 g/mol. The summed E-state index contributed by atoms with van der Waals surface area (Å²) in [5.41, 5.74) is 0.574. The average molecular weight is 184 g/mol. The SMILES string of the molecule is CCCCC(C)(CC)C(C)C(C)C. The summed E-state index contributed by atoms with van der Waals surface area (Å²) in [5.74, 6) is 1.67. The first-order chi connectivity index (χ1) is 5.98. The normalized spacial score (nSPS) is 18.7. The topological polar surface area (TPSA) is 0 Å². The van der Waals surface area contributed by atoms with Gasteiger partial charge < -0.3 is 0 Å². The van der Waals surface area contributed by atoms with Gasteiger partial charge in [-0.2, -0.15) is 0 Å². The van der Waals surface area contributed by atoms with Gasteiger partial charge in [-0.1, -0.05) is 60.8 Å². The molecule has 0 aromatic rings. The Bertz CT molecular complexity index is 126. The first-order valence-electron chi connectivity index (χ1n) is 5.98. The van der Waals surface area contributed by atoms with E-state index < -0.39 is 0 Å². The van der Waals surface area contributed by atoms with Crippen LogP contribution in [0.5, 0.6) is 0 Å². The summed E-state index contributed by atoms with van der Waals surface area (Å²) in [4.78, 5) is 0. The molecule has 0 aromatic carbocycles. The molecule has 0 aliphatic heterocycles. The van der Waals surface area contributed by atoms with E-state index in [1.807, 2.05) is 0 Å². The smallest absolute Gasteiger partial charge is 0.0300 e. The zero-order valence-electron chi connectivity index (χ0n) is 10.5. The summed E-state index contributed by atoms with van der Waals surface area (Å²) < 4.78 is 0. The van der Waals surface area contributed by atoms with E-state index in [1.165, 1.54) is 25.7 Å². The fourth-order valence-corrected chi connectivity index (χ4v) is 2.11. The second-order valence-corrected chi connectivity index (χ2v) is 5.14. The van der Waals surface area contributed by atoms with Crippen molar-refractivity contribution >= 4 is 0 Å². The molecule has 0 amide bonds. The lowest BCUT2D eigenvalue weighted by molar-refractivity contribution is 0.128. The van der Waals surface area contributed by atoms with E-state index in [0.717, 1.165) is 11.8 Å². The molecule has 0 aliphatic carbocycles. The van der Waals surface area contributed by atoms with Crippen LogP contribution in [0.15, 0.2) is 0 Å². The highest BCUT2D eigenvalue weighted by atomic mass is 14.3. The van der Waals surface area contributed by atoms with Crippen LogP contribution in [-0.2, 0) is 0 Å². The quantitative estimate of drug-likeness (QED) is 0.551. The lowest BCUT2D eigenvalue weighted by Gasteiger charge is -2.37. The maximum Gasteiger partial charge on any atom is -0.0300 e. The minimum atomic E-state index is 0.574. The highest BCUT2D eigenvalue weighted by molar-refractivity contribution is 4.80. The van der Waals surface area contributed by atoms with Gasteiger partial charge >= 0.3 is 0 Å². The van der Waals surface area contributed by atoms with Gasteiger partial charge in [0.15, 0.2) is 0 Å². The molecule has 0 saturated carbocycles. The van der Waals surface area contributed by atoms with Crippen molar-refractivity contribution in [1.82, 2.24) is 0 Å². The van der Waals surface area contributed by atoms with Crippen molar-refractivity contribution in [3.63, 3.8) is 0 Å². The third kappa shape index (κ3) is 3.70. The highest BCUT2D eigenvalue weighted by Gasteiger charge is 2.30. The van der Waals surface area contributed by atoms with Gasteiger partial charge in [0.25, 0.3) is 0 Å². The van der Waals surface area contributed by atoms with Gasteiger partial charge in [0, 0.05) is 0 Å². The third-order valence-electron chi connectivity index (χ3n) is 4.01. The van der Waals surface area contributed by atoms with Crippen molar-refractivity contribution in [1.29, 1.82) is 0 Å². The average Bonchev–Trinajstić information content (AvgIpc) is 2.12. The van der Waals surface area contributed by atoms with Crippen molar-refractivity contribution in [2.24, 2.45) is 17.3 Å². The minimum absolute atomic E-state index is 0.574. The second-order valence-electron chi connectivity index (χ2n) is 5.14. The fraction of sp³-hybridized carbons (Fsp3) is 1.00. The summed E-state index contributed by atoms with van der Waals surface area (Å²) in [7, 11) is 0. The van der Waals surface area contributed by atoms with Crippen LogP contribution in [0.4, 0.5) is 0 Å². The van der Waals surface area contributed by atoms with Crippen molar-refractivity contribution in [2.75, 3.05) is 0 Å². The standard InChI is InChI=1S/C13H28/c1-7-9-10-13(6,8-2)12(5)11(3)4/h11-12H,7-10H2,1-6H3. The lowest BCUT2D eigenvalue weighted by atomic mass is 9.68. The molecule has 0 heterocycles. The van der Waals surface area contributed by atoms with Crippen LogP contribution < -0.4 is 0 Å². The second kappa shape index (κ2) is 5.67. The van der Waals surface area contributed by atoms with E-state index in [2.05, 4.69) is 41.5 Å². The van der Waals surface area contributed by atoms with E-state index in [4.69, 9.17) is 0 Å². The molecule has 2 atom stereocenters. The summed E-state index contributed by atoms with van der Waals surface area (Å²) in [6.07, 6.45) is 5.45. The Morgan fingerprint density at radius 2 is 1.62 bits per heavy atom. The summed E-state index contributed by atoms with van der Waals surface area (Å²) >= 11 is 0. The first kappa shape index (κ1) is 13.0. The highest BCUT2D eigenvalue weighted by Crippen LogP contribution is 2.40. The molecule has 0 heteroatoms. The Balaban J connectivity index is 4.24. The fourth-order valence-electron chi connectivity index (χ4n) is 2.11. The summed E-state index contributed by atoms with van der Waals surface area (Å²) in [5, 5.41) is 0. The molecule has 0 radical (unpaired) electrons. The molecule has 0 nitrogen and oxygen atoms in total. The molecule has 0 rings (SSSR count). The monoisotopic (exact) mass is 184 g/mol. The Hall–Kier alpha value is 0. The minimum Gasteiger partial charge on any atom is -0.0654 e. The molecule has 13 heavy (non-hydrogen) atoms. The van der Waals surface area contributed by atoms with Crippen LogP contribution in [-0.4, -0.2) is 0 Å². The summed E-state index contributed by atoms with van der Waals surface area (Å²) in [6.45, 7) is 14.2. The Morgan fingerprint density at radius 1 is 1.08 bits per heavy atom. The van der Waals surface area contributed by atoms with Gasteiger partial charge in [0.1, 0.15) is 0 Å². The summed E-state index contributed by atoms with van der Waals surface area (Å²) in [6, 6.07) is 0. The van der Waals surface area contributed by atoms with Gasteiger partial charge in [0.2, 0.25) is 0 Å². The van der Waals surface area contributed by atoms with Crippen molar-refractivity contribution < 1.29 is 0 Å². The van der Waals surface area contributed by atoms with Crippen LogP contribution in [0, 0.1) is 17.3 Å². The molecule has 0 bridgehead atoms. The Morgan fingerprint density at radius 3 is 1.92 bits per heavy atom. The number of hydrogen-bond acceptors (Lipinski definition) is 0. The molecule has 0 aliphatic rings. The van der Waals surface area contributed by atoms with Crippen LogP contribution >= 0.6 is 0 Å². The van der Waals surface area contributed by atoms with Crippen LogP contribution in [0.3, 0.4) is 0 Å². The van der Waals surface area contributed by atoms with E-state index >= 15 is 0 Å². The van der Waals surface area contributed by atoms with Gasteiger partial charge in [-0.3, -0.25) is 0 Å². The third-order valence-corrected chi connectivity index (χ3v) is 4.01. The zero-order valence-corrected chi connectivity index (χ0v) is 10.5. The van der Waals surface area contributed by atoms with E-state index in [1.54, 1.807) is 0 Å².